The predicted molar refractivity (Wildman–Crippen MR) is 71.1 cm³/mol. The summed E-state index contributed by atoms with van der Waals surface area (Å²) in [7, 11) is 1.62. The minimum absolute atomic E-state index is 0.0148. The van der Waals surface area contributed by atoms with E-state index >= 15 is 0 Å². The molecule has 4 heteroatoms. The maximum atomic E-state index is 13.5. The van der Waals surface area contributed by atoms with Gasteiger partial charge < -0.3 is 14.6 Å². The molecule has 0 aliphatic carbocycles. The van der Waals surface area contributed by atoms with E-state index in [1.54, 1.807) is 19.2 Å². The molecule has 0 spiro atoms. The van der Waals surface area contributed by atoms with Crippen LogP contribution in [0.4, 0.5) is 4.39 Å². The van der Waals surface area contributed by atoms with Crippen LogP contribution in [0, 0.1) is 17.7 Å². The van der Waals surface area contributed by atoms with Crippen molar-refractivity contribution in [3.8, 4) is 11.8 Å². The van der Waals surface area contributed by atoms with Crippen LogP contribution < -0.4 is 0 Å². The number of aliphatic hydroxyl groups is 1. The van der Waals surface area contributed by atoms with Crippen molar-refractivity contribution in [2.45, 2.75) is 26.1 Å². The Morgan fingerprint density at radius 3 is 2.89 bits per heavy atom. The van der Waals surface area contributed by atoms with Crippen molar-refractivity contribution in [3.63, 3.8) is 0 Å². The standard InChI is InChI=1S/C15H19FO3/c1-12(10-18-2)19-11-13-6-7-15(16)14(9-13)5-3-4-8-17/h6-7,9,12,17H,4,8,10-11H2,1-2H3. The first-order valence-electron chi connectivity index (χ1n) is 6.16. The lowest BCUT2D eigenvalue weighted by atomic mass is 10.1. The predicted octanol–water partition coefficient (Wildman–Crippen LogP) is 2.11. The van der Waals surface area contributed by atoms with E-state index in [2.05, 4.69) is 11.8 Å². The fraction of sp³-hybridized carbons (Fsp3) is 0.467. The van der Waals surface area contributed by atoms with Gasteiger partial charge in [0.1, 0.15) is 5.82 Å². The number of methoxy groups -OCH3 is 1. The fourth-order valence-electron chi connectivity index (χ4n) is 1.49. The molecule has 19 heavy (non-hydrogen) atoms. The molecule has 0 amide bonds. The van der Waals surface area contributed by atoms with Gasteiger partial charge in [-0.2, -0.15) is 0 Å². The van der Waals surface area contributed by atoms with E-state index < -0.39 is 0 Å². The molecule has 0 saturated carbocycles. The van der Waals surface area contributed by atoms with E-state index in [4.69, 9.17) is 14.6 Å². The highest BCUT2D eigenvalue weighted by atomic mass is 19.1. The number of ether oxygens (including phenoxy) is 2. The van der Waals surface area contributed by atoms with Crippen molar-refractivity contribution in [2.75, 3.05) is 20.3 Å². The van der Waals surface area contributed by atoms with Gasteiger partial charge in [-0.1, -0.05) is 17.9 Å². The zero-order valence-corrected chi connectivity index (χ0v) is 11.3. The maximum absolute atomic E-state index is 13.5. The van der Waals surface area contributed by atoms with Gasteiger partial charge in [-0.3, -0.25) is 0 Å². The molecule has 0 fully saturated rings. The number of benzene rings is 1. The Hall–Kier alpha value is -1.41. The average Bonchev–Trinajstić information content (AvgIpc) is 2.40. The number of hydrogen-bond acceptors (Lipinski definition) is 3. The summed E-state index contributed by atoms with van der Waals surface area (Å²) in [6.45, 7) is 2.80. The largest absolute Gasteiger partial charge is 0.395 e. The molecule has 1 rings (SSSR count). The molecular weight excluding hydrogens is 247 g/mol. The van der Waals surface area contributed by atoms with Gasteiger partial charge >= 0.3 is 0 Å². The number of aliphatic hydroxyl groups excluding tert-OH is 1. The smallest absolute Gasteiger partial charge is 0.138 e. The summed E-state index contributed by atoms with van der Waals surface area (Å²) in [4.78, 5) is 0. The summed E-state index contributed by atoms with van der Waals surface area (Å²) in [6.07, 6.45) is 0.323. The highest BCUT2D eigenvalue weighted by Gasteiger charge is 2.04. The lowest BCUT2D eigenvalue weighted by molar-refractivity contribution is -0.000147. The van der Waals surface area contributed by atoms with Crippen LogP contribution in [-0.2, 0) is 16.1 Å². The Balaban J connectivity index is 2.66. The Kier molecular flexibility index (Phi) is 7.12. The van der Waals surface area contributed by atoms with E-state index in [9.17, 15) is 4.39 Å². The van der Waals surface area contributed by atoms with E-state index in [-0.39, 0.29) is 18.5 Å². The Morgan fingerprint density at radius 1 is 1.42 bits per heavy atom. The first kappa shape index (κ1) is 15.6. The van der Waals surface area contributed by atoms with Gasteiger partial charge in [0.25, 0.3) is 0 Å². The zero-order valence-electron chi connectivity index (χ0n) is 11.3. The van der Waals surface area contributed by atoms with Crippen LogP contribution in [0.2, 0.25) is 0 Å². The molecule has 1 aromatic rings. The van der Waals surface area contributed by atoms with Gasteiger partial charge in [-0.15, -0.1) is 0 Å². The first-order valence-corrected chi connectivity index (χ1v) is 6.16. The highest BCUT2D eigenvalue weighted by molar-refractivity contribution is 5.38. The molecule has 1 unspecified atom stereocenters. The average molecular weight is 266 g/mol. The van der Waals surface area contributed by atoms with Crippen LogP contribution in [-0.4, -0.2) is 31.5 Å². The van der Waals surface area contributed by atoms with Gasteiger partial charge in [0.15, 0.2) is 0 Å². The molecule has 0 aromatic heterocycles. The van der Waals surface area contributed by atoms with E-state index in [1.807, 2.05) is 6.92 Å². The van der Waals surface area contributed by atoms with Crippen molar-refractivity contribution < 1.29 is 19.0 Å². The van der Waals surface area contributed by atoms with Crippen LogP contribution in [0.3, 0.4) is 0 Å². The second kappa shape index (κ2) is 8.65. The van der Waals surface area contributed by atoms with Gasteiger partial charge in [0.2, 0.25) is 0 Å². The first-order chi connectivity index (χ1) is 9.17. The minimum Gasteiger partial charge on any atom is -0.395 e. The zero-order chi connectivity index (χ0) is 14.1. The third-order valence-electron chi connectivity index (χ3n) is 2.43. The molecule has 1 aromatic carbocycles. The Morgan fingerprint density at radius 2 is 2.21 bits per heavy atom. The highest BCUT2D eigenvalue weighted by Crippen LogP contribution is 2.11. The number of halogens is 1. The molecule has 0 saturated heterocycles. The van der Waals surface area contributed by atoms with Crippen molar-refractivity contribution in [2.24, 2.45) is 0 Å². The quantitative estimate of drug-likeness (QED) is 0.801. The minimum atomic E-state index is -0.362. The van der Waals surface area contributed by atoms with E-state index in [0.29, 0.717) is 25.2 Å². The molecule has 1 atom stereocenters. The van der Waals surface area contributed by atoms with Crippen molar-refractivity contribution in [1.82, 2.24) is 0 Å². The van der Waals surface area contributed by atoms with Crippen molar-refractivity contribution in [1.29, 1.82) is 0 Å². The third kappa shape index (κ3) is 5.84. The Bertz CT molecular complexity index is 448. The summed E-state index contributed by atoms with van der Waals surface area (Å²) in [5, 5.41) is 8.64. The maximum Gasteiger partial charge on any atom is 0.138 e. The number of hydrogen-bond donors (Lipinski definition) is 1. The second-order valence-electron chi connectivity index (χ2n) is 4.17. The molecule has 0 aliphatic heterocycles. The molecule has 0 aliphatic rings. The van der Waals surface area contributed by atoms with Crippen molar-refractivity contribution >= 4 is 0 Å². The summed E-state index contributed by atoms with van der Waals surface area (Å²) in [6, 6.07) is 4.72. The topological polar surface area (TPSA) is 38.7 Å². The normalized spacial score (nSPS) is 11.8. The van der Waals surface area contributed by atoms with Crippen LogP contribution in [0.25, 0.3) is 0 Å². The molecule has 0 radical (unpaired) electrons. The summed E-state index contributed by atoms with van der Waals surface area (Å²) in [5.74, 6) is 5.04. The van der Waals surface area contributed by atoms with Gasteiger partial charge in [0, 0.05) is 13.5 Å². The molecule has 0 heterocycles. The lowest BCUT2D eigenvalue weighted by Crippen LogP contribution is -2.14. The van der Waals surface area contributed by atoms with Crippen LogP contribution >= 0.6 is 0 Å². The fourth-order valence-corrected chi connectivity index (χ4v) is 1.49. The van der Waals surface area contributed by atoms with E-state index in [0.717, 1.165) is 5.56 Å². The number of rotatable bonds is 6. The summed E-state index contributed by atoms with van der Waals surface area (Å²) in [5.41, 5.74) is 1.19. The second-order valence-corrected chi connectivity index (χ2v) is 4.17. The summed E-state index contributed by atoms with van der Waals surface area (Å²) >= 11 is 0. The van der Waals surface area contributed by atoms with Crippen LogP contribution in [0.15, 0.2) is 18.2 Å². The molecule has 0 bridgehead atoms. The monoisotopic (exact) mass is 266 g/mol. The molecule has 1 N–H and O–H groups in total. The lowest BCUT2D eigenvalue weighted by Gasteiger charge is -2.12. The third-order valence-corrected chi connectivity index (χ3v) is 2.43. The van der Waals surface area contributed by atoms with Gasteiger partial charge in [-0.25, -0.2) is 4.39 Å². The van der Waals surface area contributed by atoms with Crippen molar-refractivity contribution in [3.05, 3.63) is 35.1 Å². The molecule has 104 valence electrons. The van der Waals surface area contributed by atoms with Crippen LogP contribution in [0.1, 0.15) is 24.5 Å². The van der Waals surface area contributed by atoms with Crippen LogP contribution in [0.5, 0.6) is 0 Å². The SMILES string of the molecule is COCC(C)OCc1ccc(F)c(C#CCCO)c1. The Labute approximate surface area is 113 Å². The molecular formula is C15H19FO3. The molecule has 3 nitrogen and oxygen atoms in total. The van der Waals surface area contributed by atoms with E-state index in [1.165, 1.54) is 6.07 Å². The van der Waals surface area contributed by atoms with Gasteiger partial charge in [0.05, 0.1) is 31.5 Å². The van der Waals surface area contributed by atoms with Gasteiger partial charge in [-0.05, 0) is 24.6 Å². The summed E-state index contributed by atoms with van der Waals surface area (Å²) < 4.78 is 24.0.